The number of carbonyl (C=O) groups excluding carboxylic acids is 1. The second-order valence-corrected chi connectivity index (χ2v) is 6.08. The van der Waals surface area contributed by atoms with Crippen LogP contribution in [0.1, 0.15) is 25.8 Å². The minimum absolute atomic E-state index is 0.0128. The first-order valence-electron chi connectivity index (χ1n) is 6.79. The zero-order chi connectivity index (χ0) is 14.1. The fraction of sp³-hybridized carbons (Fsp3) is 0.533. The highest BCUT2D eigenvalue weighted by Gasteiger charge is 2.05. The van der Waals surface area contributed by atoms with E-state index in [2.05, 4.69) is 24.5 Å². The molecular formula is C15H24N2OS. The fourth-order valence-corrected chi connectivity index (χ4v) is 2.42. The lowest BCUT2D eigenvalue weighted by Gasteiger charge is -2.13. The van der Waals surface area contributed by atoms with Crippen molar-refractivity contribution in [1.29, 1.82) is 0 Å². The average Bonchev–Trinajstić information content (AvgIpc) is 2.39. The largest absolute Gasteiger partial charge is 0.325 e. The number of amides is 1. The third-order valence-electron chi connectivity index (χ3n) is 2.85. The third-order valence-corrected chi connectivity index (χ3v) is 3.78. The molecule has 19 heavy (non-hydrogen) atoms. The van der Waals surface area contributed by atoms with Crippen LogP contribution in [-0.4, -0.2) is 30.0 Å². The Morgan fingerprint density at radius 3 is 2.63 bits per heavy atom. The molecular weight excluding hydrogens is 256 g/mol. The minimum Gasteiger partial charge on any atom is -0.325 e. The van der Waals surface area contributed by atoms with E-state index in [1.807, 2.05) is 43.0 Å². The molecule has 3 nitrogen and oxygen atoms in total. The van der Waals surface area contributed by atoms with Crippen molar-refractivity contribution in [3.63, 3.8) is 0 Å². The molecule has 0 saturated heterocycles. The normalized spacial score (nSPS) is 12.2. The van der Waals surface area contributed by atoms with Crippen LogP contribution in [0.5, 0.6) is 0 Å². The summed E-state index contributed by atoms with van der Waals surface area (Å²) in [5.74, 6) is 2.31. The van der Waals surface area contributed by atoms with Gasteiger partial charge in [0.15, 0.2) is 0 Å². The van der Waals surface area contributed by atoms with Crippen molar-refractivity contribution < 1.29 is 4.79 Å². The first-order chi connectivity index (χ1) is 9.11. The lowest BCUT2D eigenvalue weighted by molar-refractivity contribution is -0.115. The van der Waals surface area contributed by atoms with Crippen molar-refractivity contribution >= 4 is 23.4 Å². The van der Waals surface area contributed by atoms with Crippen molar-refractivity contribution in [3.05, 3.63) is 29.8 Å². The summed E-state index contributed by atoms with van der Waals surface area (Å²) in [7, 11) is 0. The molecule has 1 rings (SSSR count). The molecule has 0 aliphatic heterocycles. The van der Waals surface area contributed by atoms with E-state index in [0.29, 0.717) is 12.6 Å². The summed E-state index contributed by atoms with van der Waals surface area (Å²) in [5.41, 5.74) is 2.05. The van der Waals surface area contributed by atoms with Gasteiger partial charge in [0.25, 0.3) is 0 Å². The Labute approximate surface area is 120 Å². The van der Waals surface area contributed by atoms with Crippen molar-refractivity contribution in [1.82, 2.24) is 5.32 Å². The number of nitrogens with one attached hydrogen (secondary N) is 2. The summed E-state index contributed by atoms with van der Waals surface area (Å²) < 4.78 is 0. The predicted octanol–water partition coefficient (Wildman–Crippen LogP) is 3.05. The van der Waals surface area contributed by atoms with Gasteiger partial charge in [0.05, 0.1) is 6.54 Å². The summed E-state index contributed by atoms with van der Waals surface area (Å²) >= 11 is 1.93. The van der Waals surface area contributed by atoms with Gasteiger partial charge in [-0.3, -0.25) is 4.79 Å². The SMILES string of the molecule is CCSCCC(C)NCC(=O)Nc1ccc(C)cc1. The Morgan fingerprint density at radius 1 is 1.32 bits per heavy atom. The summed E-state index contributed by atoms with van der Waals surface area (Å²) in [5, 5.41) is 6.13. The molecule has 106 valence electrons. The highest BCUT2D eigenvalue weighted by Crippen LogP contribution is 2.08. The minimum atomic E-state index is 0.0128. The van der Waals surface area contributed by atoms with Gasteiger partial charge in [-0.05, 0) is 43.9 Å². The van der Waals surface area contributed by atoms with Gasteiger partial charge in [-0.2, -0.15) is 11.8 Å². The number of benzene rings is 1. The van der Waals surface area contributed by atoms with E-state index in [9.17, 15) is 4.79 Å². The average molecular weight is 280 g/mol. The zero-order valence-corrected chi connectivity index (χ0v) is 12.8. The van der Waals surface area contributed by atoms with Crippen molar-refractivity contribution in [2.45, 2.75) is 33.2 Å². The van der Waals surface area contributed by atoms with E-state index < -0.39 is 0 Å². The van der Waals surface area contributed by atoms with Crippen LogP contribution < -0.4 is 10.6 Å². The predicted molar refractivity (Wildman–Crippen MR) is 84.9 cm³/mol. The van der Waals surface area contributed by atoms with Gasteiger partial charge in [-0.15, -0.1) is 0 Å². The first-order valence-corrected chi connectivity index (χ1v) is 7.95. The van der Waals surface area contributed by atoms with Crippen LogP contribution in [0.15, 0.2) is 24.3 Å². The number of rotatable bonds is 8. The Hall–Kier alpha value is -1.00. The molecule has 4 heteroatoms. The van der Waals surface area contributed by atoms with Gasteiger partial charge in [0.1, 0.15) is 0 Å². The van der Waals surface area contributed by atoms with Crippen LogP contribution in [0.25, 0.3) is 0 Å². The summed E-state index contributed by atoms with van der Waals surface area (Å²) in [6.45, 7) is 6.68. The van der Waals surface area contributed by atoms with Crippen LogP contribution in [0, 0.1) is 6.92 Å². The number of hydrogen-bond donors (Lipinski definition) is 2. The highest BCUT2D eigenvalue weighted by molar-refractivity contribution is 7.99. The first kappa shape index (κ1) is 16.1. The molecule has 0 saturated carbocycles. The number of carbonyl (C=O) groups is 1. The number of thioether (sulfide) groups is 1. The quantitative estimate of drug-likeness (QED) is 0.719. The lowest BCUT2D eigenvalue weighted by Crippen LogP contribution is -2.34. The highest BCUT2D eigenvalue weighted by atomic mass is 32.2. The second-order valence-electron chi connectivity index (χ2n) is 4.68. The summed E-state index contributed by atoms with van der Waals surface area (Å²) in [6, 6.07) is 8.22. The molecule has 1 amide bonds. The van der Waals surface area contributed by atoms with Gasteiger partial charge in [0.2, 0.25) is 5.91 Å². The molecule has 1 unspecified atom stereocenters. The number of anilines is 1. The summed E-state index contributed by atoms with van der Waals surface area (Å²) in [6.07, 6.45) is 1.09. The fourth-order valence-electron chi connectivity index (χ4n) is 1.62. The van der Waals surface area contributed by atoms with E-state index >= 15 is 0 Å². The molecule has 0 aromatic heterocycles. The van der Waals surface area contributed by atoms with Gasteiger partial charge in [-0.25, -0.2) is 0 Å². The Morgan fingerprint density at radius 2 is 2.00 bits per heavy atom. The summed E-state index contributed by atoms with van der Waals surface area (Å²) in [4.78, 5) is 11.8. The molecule has 2 N–H and O–H groups in total. The van der Waals surface area contributed by atoms with E-state index in [1.54, 1.807) is 0 Å². The van der Waals surface area contributed by atoms with Crippen LogP contribution in [0.4, 0.5) is 5.69 Å². The lowest BCUT2D eigenvalue weighted by atomic mass is 10.2. The van der Waals surface area contributed by atoms with Crippen LogP contribution in [0.3, 0.4) is 0 Å². The maximum atomic E-state index is 11.8. The molecule has 0 heterocycles. The number of aryl methyl sites for hydroxylation is 1. The molecule has 1 aromatic carbocycles. The third kappa shape index (κ3) is 7.23. The van der Waals surface area contributed by atoms with Gasteiger partial charge in [0, 0.05) is 11.7 Å². The Bertz CT molecular complexity index is 378. The maximum absolute atomic E-state index is 11.8. The molecule has 0 aliphatic rings. The topological polar surface area (TPSA) is 41.1 Å². The van der Waals surface area contributed by atoms with Crippen LogP contribution >= 0.6 is 11.8 Å². The van der Waals surface area contributed by atoms with E-state index in [0.717, 1.165) is 23.6 Å². The molecule has 0 fully saturated rings. The molecule has 0 aliphatic carbocycles. The monoisotopic (exact) mass is 280 g/mol. The van der Waals surface area contributed by atoms with E-state index in [-0.39, 0.29) is 5.91 Å². The molecule has 0 bridgehead atoms. The Balaban J connectivity index is 2.22. The maximum Gasteiger partial charge on any atom is 0.238 e. The smallest absolute Gasteiger partial charge is 0.238 e. The van der Waals surface area contributed by atoms with Crippen molar-refractivity contribution in [2.24, 2.45) is 0 Å². The van der Waals surface area contributed by atoms with E-state index in [1.165, 1.54) is 5.56 Å². The standard InChI is InChI=1S/C15H24N2OS/c1-4-19-10-9-13(3)16-11-15(18)17-14-7-5-12(2)6-8-14/h5-8,13,16H,4,9-11H2,1-3H3,(H,17,18). The Kier molecular flexibility index (Phi) is 7.60. The molecule has 0 spiro atoms. The van der Waals surface area contributed by atoms with Crippen LogP contribution in [0.2, 0.25) is 0 Å². The van der Waals surface area contributed by atoms with Crippen molar-refractivity contribution in [2.75, 3.05) is 23.4 Å². The van der Waals surface area contributed by atoms with Crippen LogP contribution in [-0.2, 0) is 4.79 Å². The van der Waals surface area contributed by atoms with E-state index in [4.69, 9.17) is 0 Å². The second kappa shape index (κ2) is 8.99. The number of hydrogen-bond acceptors (Lipinski definition) is 3. The van der Waals surface area contributed by atoms with Gasteiger partial charge < -0.3 is 10.6 Å². The van der Waals surface area contributed by atoms with Gasteiger partial charge in [-0.1, -0.05) is 24.6 Å². The van der Waals surface area contributed by atoms with Gasteiger partial charge >= 0.3 is 0 Å². The molecule has 1 atom stereocenters. The zero-order valence-electron chi connectivity index (χ0n) is 12.0. The molecule has 0 radical (unpaired) electrons. The molecule has 1 aromatic rings. The van der Waals surface area contributed by atoms with Crippen molar-refractivity contribution in [3.8, 4) is 0 Å².